The predicted octanol–water partition coefficient (Wildman–Crippen LogP) is 2.02. The number of benzene rings is 2. The van der Waals surface area contributed by atoms with Gasteiger partial charge < -0.3 is 9.47 Å². The summed E-state index contributed by atoms with van der Waals surface area (Å²) in [6.45, 7) is 0. The standard InChI is InChI=1S/C16H18N2O5S/c1-18(2)24(20,21)17-16(19)12-7-9-13(10-8-12)23-15-6-4-5-14(11-15)22-3/h4-11H,1-3H3,(H,17,19). The van der Waals surface area contributed by atoms with Gasteiger partial charge in [0.15, 0.2) is 0 Å². The monoisotopic (exact) mass is 350 g/mol. The van der Waals surface area contributed by atoms with Crippen LogP contribution in [0, 0.1) is 0 Å². The van der Waals surface area contributed by atoms with Gasteiger partial charge in [-0.05, 0) is 36.4 Å². The van der Waals surface area contributed by atoms with Crippen LogP contribution in [0.2, 0.25) is 0 Å². The second-order valence-electron chi connectivity index (χ2n) is 5.02. The van der Waals surface area contributed by atoms with E-state index in [0.717, 1.165) is 4.31 Å². The van der Waals surface area contributed by atoms with Gasteiger partial charge in [0.1, 0.15) is 17.2 Å². The Bertz CT molecular complexity index is 817. The second-order valence-corrected chi connectivity index (χ2v) is 6.91. The summed E-state index contributed by atoms with van der Waals surface area (Å²) in [6.07, 6.45) is 0. The first-order valence-corrected chi connectivity index (χ1v) is 8.42. The van der Waals surface area contributed by atoms with Crippen LogP contribution in [-0.4, -0.2) is 39.8 Å². The van der Waals surface area contributed by atoms with Crippen LogP contribution in [0.3, 0.4) is 0 Å². The largest absolute Gasteiger partial charge is 0.497 e. The summed E-state index contributed by atoms with van der Waals surface area (Å²) in [7, 11) is 0.409. The van der Waals surface area contributed by atoms with E-state index in [1.807, 2.05) is 4.72 Å². The molecule has 128 valence electrons. The minimum atomic E-state index is -3.82. The zero-order valence-electron chi connectivity index (χ0n) is 13.5. The van der Waals surface area contributed by atoms with Crippen molar-refractivity contribution >= 4 is 16.1 Å². The number of methoxy groups -OCH3 is 1. The van der Waals surface area contributed by atoms with Crippen LogP contribution >= 0.6 is 0 Å². The molecule has 0 bridgehead atoms. The van der Waals surface area contributed by atoms with Crippen LogP contribution in [0.5, 0.6) is 17.2 Å². The highest BCUT2D eigenvalue weighted by Gasteiger charge is 2.18. The predicted molar refractivity (Wildman–Crippen MR) is 89.6 cm³/mol. The molecule has 2 aromatic carbocycles. The minimum Gasteiger partial charge on any atom is -0.497 e. The second kappa shape index (κ2) is 7.33. The Balaban J connectivity index is 2.09. The Hall–Kier alpha value is -2.58. The van der Waals surface area contributed by atoms with E-state index in [9.17, 15) is 13.2 Å². The molecular formula is C16H18N2O5S. The molecule has 0 aromatic heterocycles. The van der Waals surface area contributed by atoms with Crippen molar-refractivity contribution in [2.45, 2.75) is 0 Å². The first-order valence-electron chi connectivity index (χ1n) is 6.98. The van der Waals surface area contributed by atoms with Crippen LogP contribution in [-0.2, 0) is 10.2 Å². The molecule has 2 aromatic rings. The average molecular weight is 350 g/mol. The van der Waals surface area contributed by atoms with Crippen molar-refractivity contribution in [1.82, 2.24) is 9.03 Å². The van der Waals surface area contributed by atoms with Crippen LogP contribution in [0.25, 0.3) is 0 Å². The Labute approximate surface area is 141 Å². The van der Waals surface area contributed by atoms with Crippen molar-refractivity contribution in [3.63, 3.8) is 0 Å². The molecule has 0 saturated heterocycles. The average Bonchev–Trinajstić information content (AvgIpc) is 2.55. The molecule has 1 N–H and O–H groups in total. The summed E-state index contributed by atoms with van der Waals surface area (Å²) in [4.78, 5) is 11.9. The van der Waals surface area contributed by atoms with E-state index in [1.165, 1.54) is 26.2 Å². The summed E-state index contributed by atoms with van der Waals surface area (Å²) in [5.41, 5.74) is 0.207. The third-order valence-corrected chi connectivity index (χ3v) is 4.50. The highest BCUT2D eigenvalue weighted by molar-refractivity contribution is 7.87. The van der Waals surface area contributed by atoms with Crippen molar-refractivity contribution in [2.75, 3.05) is 21.2 Å². The number of carbonyl (C=O) groups is 1. The van der Waals surface area contributed by atoms with E-state index in [0.29, 0.717) is 17.2 Å². The van der Waals surface area contributed by atoms with Gasteiger partial charge in [-0.1, -0.05) is 6.07 Å². The van der Waals surface area contributed by atoms with Gasteiger partial charge in [-0.15, -0.1) is 0 Å². The Morgan fingerprint density at radius 1 is 1.00 bits per heavy atom. The maximum Gasteiger partial charge on any atom is 0.303 e. The molecule has 8 heteroatoms. The van der Waals surface area contributed by atoms with Crippen molar-refractivity contribution < 1.29 is 22.7 Å². The summed E-state index contributed by atoms with van der Waals surface area (Å²) in [5.74, 6) is 1.05. The topological polar surface area (TPSA) is 84.9 Å². The Morgan fingerprint density at radius 3 is 2.21 bits per heavy atom. The maximum absolute atomic E-state index is 11.9. The molecule has 24 heavy (non-hydrogen) atoms. The highest BCUT2D eigenvalue weighted by Crippen LogP contribution is 2.25. The number of amides is 1. The summed E-state index contributed by atoms with van der Waals surface area (Å²) < 4.78 is 36.9. The molecule has 0 spiro atoms. The van der Waals surface area contributed by atoms with E-state index in [4.69, 9.17) is 9.47 Å². The SMILES string of the molecule is COc1cccc(Oc2ccc(C(=O)NS(=O)(=O)N(C)C)cc2)c1. The molecule has 0 aliphatic heterocycles. The van der Waals surface area contributed by atoms with E-state index >= 15 is 0 Å². The number of carbonyl (C=O) groups excluding carboxylic acids is 1. The van der Waals surface area contributed by atoms with Gasteiger partial charge in [-0.2, -0.15) is 12.7 Å². The van der Waals surface area contributed by atoms with Crippen LogP contribution in [0.1, 0.15) is 10.4 Å². The lowest BCUT2D eigenvalue weighted by molar-refractivity contribution is 0.0979. The third kappa shape index (κ3) is 4.46. The number of nitrogens with one attached hydrogen (secondary N) is 1. The molecule has 0 aliphatic carbocycles. The molecule has 0 heterocycles. The molecule has 0 fully saturated rings. The molecule has 0 atom stereocenters. The molecule has 2 rings (SSSR count). The Morgan fingerprint density at radius 2 is 1.62 bits per heavy atom. The lowest BCUT2D eigenvalue weighted by Crippen LogP contribution is -2.39. The van der Waals surface area contributed by atoms with Crippen molar-refractivity contribution in [2.24, 2.45) is 0 Å². The van der Waals surface area contributed by atoms with Gasteiger partial charge in [0.05, 0.1) is 7.11 Å². The number of nitrogens with zero attached hydrogens (tertiary/aromatic N) is 1. The molecule has 1 amide bonds. The maximum atomic E-state index is 11.9. The van der Waals surface area contributed by atoms with Gasteiger partial charge in [0, 0.05) is 25.7 Å². The first-order chi connectivity index (χ1) is 11.3. The number of rotatable bonds is 6. The van der Waals surface area contributed by atoms with Gasteiger partial charge in [0.2, 0.25) is 0 Å². The van der Waals surface area contributed by atoms with Crippen molar-refractivity contribution in [3.05, 3.63) is 54.1 Å². The number of hydrogen-bond donors (Lipinski definition) is 1. The third-order valence-electron chi connectivity index (χ3n) is 3.10. The zero-order valence-corrected chi connectivity index (χ0v) is 14.3. The quantitative estimate of drug-likeness (QED) is 0.861. The van der Waals surface area contributed by atoms with Crippen molar-refractivity contribution in [1.29, 1.82) is 0 Å². The molecular weight excluding hydrogens is 332 g/mol. The minimum absolute atomic E-state index is 0.207. The highest BCUT2D eigenvalue weighted by atomic mass is 32.2. The van der Waals surface area contributed by atoms with Crippen LogP contribution < -0.4 is 14.2 Å². The van der Waals surface area contributed by atoms with Gasteiger partial charge >= 0.3 is 10.2 Å². The van der Waals surface area contributed by atoms with Crippen LogP contribution in [0.15, 0.2) is 48.5 Å². The smallest absolute Gasteiger partial charge is 0.303 e. The van der Waals surface area contributed by atoms with E-state index in [2.05, 4.69) is 0 Å². The van der Waals surface area contributed by atoms with Gasteiger partial charge in [-0.3, -0.25) is 4.79 Å². The fourth-order valence-electron chi connectivity index (χ4n) is 1.74. The molecule has 7 nitrogen and oxygen atoms in total. The fraction of sp³-hybridized carbons (Fsp3) is 0.188. The van der Waals surface area contributed by atoms with Gasteiger partial charge in [-0.25, -0.2) is 4.72 Å². The normalized spacial score (nSPS) is 11.2. The summed E-state index contributed by atoms with van der Waals surface area (Å²) >= 11 is 0. The lowest BCUT2D eigenvalue weighted by Gasteiger charge is -2.12. The summed E-state index contributed by atoms with van der Waals surface area (Å²) in [6, 6.07) is 13.2. The molecule has 0 unspecified atom stereocenters. The number of ether oxygens (including phenoxy) is 2. The van der Waals surface area contributed by atoms with E-state index in [1.54, 1.807) is 43.5 Å². The van der Waals surface area contributed by atoms with Gasteiger partial charge in [0.25, 0.3) is 5.91 Å². The lowest BCUT2D eigenvalue weighted by atomic mass is 10.2. The fourth-order valence-corrected chi connectivity index (χ4v) is 2.28. The van der Waals surface area contributed by atoms with Crippen molar-refractivity contribution in [3.8, 4) is 17.2 Å². The molecule has 0 saturated carbocycles. The van der Waals surface area contributed by atoms with E-state index < -0.39 is 16.1 Å². The Kier molecular flexibility index (Phi) is 5.42. The summed E-state index contributed by atoms with van der Waals surface area (Å²) in [5, 5.41) is 0. The van der Waals surface area contributed by atoms with E-state index in [-0.39, 0.29) is 5.56 Å². The molecule has 0 aliphatic rings. The molecule has 0 radical (unpaired) electrons. The van der Waals surface area contributed by atoms with Crippen LogP contribution in [0.4, 0.5) is 0 Å². The zero-order chi connectivity index (χ0) is 17.7. The first kappa shape index (κ1) is 17.8. The number of hydrogen-bond acceptors (Lipinski definition) is 5.